The van der Waals surface area contributed by atoms with Crippen molar-refractivity contribution in [2.24, 2.45) is 0 Å². The fourth-order valence-electron chi connectivity index (χ4n) is 4.44. The van der Waals surface area contributed by atoms with Crippen LogP contribution in [-0.4, -0.2) is 38.4 Å². The van der Waals surface area contributed by atoms with E-state index in [1.54, 1.807) is 6.07 Å². The van der Waals surface area contributed by atoms with Crippen LogP contribution in [0.15, 0.2) is 53.7 Å². The van der Waals surface area contributed by atoms with E-state index in [-0.39, 0.29) is 11.9 Å². The molecule has 1 amide bonds. The molecule has 3 aromatic rings. The summed E-state index contributed by atoms with van der Waals surface area (Å²) in [6, 6.07) is 16.4. The van der Waals surface area contributed by atoms with Crippen molar-refractivity contribution in [3.63, 3.8) is 0 Å². The van der Waals surface area contributed by atoms with Crippen LogP contribution in [0, 0.1) is 0 Å². The van der Waals surface area contributed by atoms with Gasteiger partial charge in [-0.3, -0.25) is 9.36 Å². The van der Waals surface area contributed by atoms with Crippen LogP contribution in [0.5, 0.6) is 5.75 Å². The molecule has 0 aliphatic heterocycles. The smallest absolute Gasteiger partial charge is 0.233 e. The molecule has 0 bridgehead atoms. The number of nitrogens with zero attached hydrogens (tertiary/aromatic N) is 4. The Morgan fingerprint density at radius 2 is 1.94 bits per heavy atom. The lowest BCUT2D eigenvalue weighted by atomic mass is 9.87. The first-order valence-electron chi connectivity index (χ1n) is 11.4. The van der Waals surface area contributed by atoms with E-state index in [9.17, 15) is 4.79 Å². The SMILES string of the molecule is CN(C(=O)CSc1nnc(COc2ccccc2Cl)n1C1CC1)[C@@H]1CCCc2ccccc21. The van der Waals surface area contributed by atoms with Crippen molar-refractivity contribution in [1.29, 1.82) is 0 Å². The number of carbonyl (C=O) groups excluding carboxylic acids is 1. The Morgan fingerprint density at radius 3 is 2.76 bits per heavy atom. The Hall–Kier alpha value is -2.51. The van der Waals surface area contributed by atoms with Crippen LogP contribution in [0.3, 0.4) is 0 Å². The summed E-state index contributed by atoms with van der Waals surface area (Å²) in [5.74, 6) is 1.84. The van der Waals surface area contributed by atoms with Gasteiger partial charge < -0.3 is 9.64 Å². The maximum absolute atomic E-state index is 13.1. The minimum absolute atomic E-state index is 0.112. The Kier molecular flexibility index (Phi) is 6.60. The summed E-state index contributed by atoms with van der Waals surface area (Å²) < 4.78 is 8.02. The number of fused-ring (bicyclic) bond motifs is 1. The van der Waals surface area contributed by atoms with E-state index in [1.807, 2.05) is 30.1 Å². The lowest BCUT2D eigenvalue weighted by Gasteiger charge is -2.33. The number of hydrogen-bond donors (Lipinski definition) is 0. The third kappa shape index (κ3) is 4.89. The van der Waals surface area contributed by atoms with Gasteiger partial charge in [-0.15, -0.1) is 10.2 Å². The Balaban J connectivity index is 1.25. The van der Waals surface area contributed by atoms with Crippen LogP contribution in [-0.2, 0) is 17.8 Å². The van der Waals surface area contributed by atoms with Crippen molar-refractivity contribution in [2.45, 2.75) is 56.0 Å². The summed E-state index contributed by atoms with van der Waals surface area (Å²) in [6.45, 7) is 0.292. The van der Waals surface area contributed by atoms with E-state index in [4.69, 9.17) is 16.3 Å². The highest BCUT2D eigenvalue weighted by Gasteiger charge is 2.31. The largest absolute Gasteiger partial charge is 0.484 e. The summed E-state index contributed by atoms with van der Waals surface area (Å²) in [6.07, 6.45) is 5.39. The number of ether oxygens (including phenoxy) is 1. The summed E-state index contributed by atoms with van der Waals surface area (Å²) >= 11 is 7.67. The molecule has 172 valence electrons. The topological polar surface area (TPSA) is 60.3 Å². The minimum Gasteiger partial charge on any atom is -0.484 e. The number of thioether (sulfide) groups is 1. The fourth-order valence-corrected chi connectivity index (χ4v) is 5.58. The molecule has 1 saturated carbocycles. The van der Waals surface area contributed by atoms with E-state index in [1.165, 1.54) is 22.9 Å². The number of hydrogen-bond acceptors (Lipinski definition) is 5. The highest BCUT2D eigenvalue weighted by molar-refractivity contribution is 7.99. The van der Waals surface area contributed by atoms with Gasteiger partial charge in [-0.2, -0.15) is 0 Å². The molecular formula is C25H27ClN4O2S. The van der Waals surface area contributed by atoms with Gasteiger partial charge in [0.15, 0.2) is 11.0 Å². The van der Waals surface area contributed by atoms with Crippen LogP contribution in [0.2, 0.25) is 5.02 Å². The quantitative estimate of drug-likeness (QED) is 0.398. The summed E-state index contributed by atoms with van der Waals surface area (Å²) in [7, 11) is 1.92. The summed E-state index contributed by atoms with van der Waals surface area (Å²) in [4.78, 5) is 15.0. The van der Waals surface area contributed by atoms with E-state index >= 15 is 0 Å². The lowest BCUT2D eigenvalue weighted by molar-refractivity contribution is -0.129. The first-order valence-corrected chi connectivity index (χ1v) is 12.8. The maximum Gasteiger partial charge on any atom is 0.233 e. The second kappa shape index (κ2) is 9.77. The van der Waals surface area contributed by atoms with Crippen LogP contribution < -0.4 is 4.74 Å². The molecular weight excluding hydrogens is 456 g/mol. The van der Waals surface area contributed by atoms with Crippen molar-refractivity contribution in [2.75, 3.05) is 12.8 Å². The predicted octanol–water partition coefficient (Wildman–Crippen LogP) is 5.47. The monoisotopic (exact) mass is 482 g/mol. The number of para-hydroxylation sites is 1. The lowest BCUT2D eigenvalue weighted by Crippen LogP contribution is -2.34. The second-order valence-electron chi connectivity index (χ2n) is 8.62. The van der Waals surface area contributed by atoms with Crippen molar-refractivity contribution in [3.8, 4) is 5.75 Å². The molecule has 2 aliphatic carbocycles. The molecule has 1 heterocycles. The number of rotatable bonds is 8. The molecule has 8 heteroatoms. The van der Waals surface area contributed by atoms with Crippen LogP contribution in [0.4, 0.5) is 0 Å². The number of benzene rings is 2. The first kappa shape index (κ1) is 22.3. The zero-order valence-corrected chi connectivity index (χ0v) is 20.2. The number of aromatic nitrogens is 3. The van der Waals surface area contributed by atoms with Crippen LogP contribution in [0.1, 0.15) is 54.7 Å². The predicted molar refractivity (Wildman–Crippen MR) is 130 cm³/mol. The fraction of sp³-hybridized carbons (Fsp3) is 0.400. The summed E-state index contributed by atoms with van der Waals surface area (Å²) in [5, 5.41) is 10.1. The molecule has 6 nitrogen and oxygen atoms in total. The minimum atomic E-state index is 0.112. The van der Waals surface area contributed by atoms with E-state index in [0.29, 0.717) is 29.2 Å². The highest BCUT2D eigenvalue weighted by Crippen LogP contribution is 2.39. The molecule has 5 rings (SSSR count). The molecule has 0 saturated heterocycles. The van der Waals surface area contributed by atoms with Gasteiger partial charge in [0.1, 0.15) is 12.4 Å². The molecule has 1 fully saturated rings. The molecule has 2 aromatic carbocycles. The van der Waals surface area contributed by atoms with Gasteiger partial charge in [-0.25, -0.2) is 0 Å². The third-order valence-corrected chi connectivity index (χ3v) is 7.60. The zero-order valence-electron chi connectivity index (χ0n) is 18.6. The molecule has 1 aromatic heterocycles. The van der Waals surface area contributed by atoms with Crippen molar-refractivity contribution in [1.82, 2.24) is 19.7 Å². The van der Waals surface area contributed by atoms with E-state index < -0.39 is 0 Å². The summed E-state index contributed by atoms with van der Waals surface area (Å²) in [5.41, 5.74) is 2.64. The second-order valence-corrected chi connectivity index (χ2v) is 9.97. The standard InChI is InChI=1S/C25H27ClN4O2S/c1-29(21-11-6-8-17-7-2-3-9-19(17)21)24(31)16-33-25-28-27-23(30(25)18-13-14-18)15-32-22-12-5-4-10-20(22)26/h2-5,7,9-10,12,18,21H,6,8,11,13-16H2,1H3/t21-/m1/s1. The average Bonchev–Trinajstić information content (AvgIpc) is 3.61. The van der Waals surface area contributed by atoms with Gasteiger partial charge in [0, 0.05) is 13.1 Å². The Bertz CT molecular complexity index is 1150. The van der Waals surface area contributed by atoms with E-state index in [2.05, 4.69) is 39.0 Å². The van der Waals surface area contributed by atoms with Gasteiger partial charge in [0.2, 0.25) is 5.91 Å². The number of aryl methyl sites for hydroxylation is 1. The molecule has 0 unspecified atom stereocenters. The van der Waals surface area contributed by atoms with E-state index in [0.717, 1.165) is 43.1 Å². The van der Waals surface area contributed by atoms with Crippen molar-refractivity contribution >= 4 is 29.3 Å². The molecule has 0 N–H and O–H groups in total. The van der Waals surface area contributed by atoms with Crippen molar-refractivity contribution in [3.05, 3.63) is 70.5 Å². The Labute approximate surface area is 203 Å². The normalized spacial score (nSPS) is 17.5. The molecule has 33 heavy (non-hydrogen) atoms. The molecule has 0 spiro atoms. The van der Waals surface area contributed by atoms with Gasteiger partial charge in [-0.05, 0) is 55.4 Å². The van der Waals surface area contributed by atoms with Gasteiger partial charge in [-0.1, -0.05) is 59.8 Å². The van der Waals surface area contributed by atoms with Crippen molar-refractivity contribution < 1.29 is 9.53 Å². The average molecular weight is 483 g/mol. The Morgan fingerprint density at radius 1 is 1.15 bits per heavy atom. The third-order valence-electron chi connectivity index (χ3n) is 6.36. The molecule has 1 atom stereocenters. The first-order chi connectivity index (χ1) is 16.1. The van der Waals surface area contributed by atoms with Gasteiger partial charge in [0.05, 0.1) is 16.8 Å². The zero-order chi connectivity index (χ0) is 22.8. The van der Waals surface area contributed by atoms with Gasteiger partial charge >= 0.3 is 0 Å². The van der Waals surface area contributed by atoms with Gasteiger partial charge in [0.25, 0.3) is 0 Å². The maximum atomic E-state index is 13.1. The molecule has 0 radical (unpaired) electrons. The van der Waals surface area contributed by atoms with Crippen LogP contribution >= 0.6 is 23.4 Å². The number of amides is 1. The molecule has 2 aliphatic rings. The number of halogens is 1. The highest BCUT2D eigenvalue weighted by atomic mass is 35.5. The number of carbonyl (C=O) groups is 1. The van der Waals surface area contributed by atoms with Crippen LogP contribution in [0.25, 0.3) is 0 Å².